The van der Waals surface area contributed by atoms with Gasteiger partial charge in [0.25, 0.3) is 5.91 Å². The number of carbonyl (C=O) groups excluding carboxylic acids is 1. The largest absolute Gasteiger partial charge is 0.376 e. The lowest BCUT2D eigenvalue weighted by Crippen LogP contribution is -2.36. The molecule has 3 rings (SSSR count). The average Bonchev–Trinajstić information content (AvgIpc) is 3.22. The molecule has 0 N–H and O–H groups in total. The molecule has 1 saturated heterocycles. The van der Waals surface area contributed by atoms with Crippen molar-refractivity contribution >= 4 is 44.8 Å². The SMILES string of the molecule is O=C(c1cc(Br)ccc1Cl)N(Cc1cccs1)CC1CCCO1. The molecule has 1 aromatic carbocycles. The fourth-order valence-electron chi connectivity index (χ4n) is 2.68. The van der Waals surface area contributed by atoms with Crippen molar-refractivity contribution < 1.29 is 9.53 Å². The zero-order chi connectivity index (χ0) is 16.2. The Hall–Kier alpha value is -0.880. The lowest BCUT2D eigenvalue weighted by Gasteiger charge is -2.25. The minimum Gasteiger partial charge on any atom is -0.376 e. The van der Waals surface area contributed by atoms with Crippen molar-refractivity contribution in [3.63, 3.8) is 0 Å². The van der Waals surface area contributed by atoms with E-state index in [0.29, 0.717) is 23.7 Å². The highest BCUT2D eigenvalue weighted by Crippen LogP contribution is 2.25. The zero-order valence-electron chi connectivity index (χ0n) is 12.5. The number of thiophene rings is 1. The molecule has 0 saturated carbocycles. The fourth-order valence-corrected chi connectivity index (χ4v) is 3.95. The van der Waals surface area contributed by atoms with Gasteiger partial charge in [-0.3, -0.25) is 4.79 Å². The van der Waals surface area contributed by atoms with Crippen molar-refractivity contribution in [2.24, 2.45) is 0 Å². The topological polar surface area (TPSA) is 29.5 Å². The number of amides is 1. The van der Waals surface area contributed by atoms with Crippen LogP contribution in [0.25, 0.3) is 0 Å². The first-order valence-electron chi connectivity index (χ1n) is 7.52. The molecule has 0 spiro atoms. The summed E-state index contributed by atoms with van der Waals surface area (Å²) in [6.07, 6.45) is 2.17. The van der Waals surface area contributed by atoms with Gasteiger partial charge >= 0.3 is 0 Å². The fraction of sp³-hybridized carbons (Fsp3) is 0.353. The van der Waals surface area contributed by atoms with E-state index < -0.39 is 0 Å². The molecule has 1 fully saturated rings. The van der Waals surface area contributed by atoms with Crippen LogP contribution in [0.2, 0.25) is 5.02 Å². The summed E-state index contributed by atoms with van der Waals surface area (Å²) in [6, 6.07) is 9.41. The minimum atomic E-state index is -0.0554. The average molecular weight is 415 g/mol. The Balaban J connectivity index is 1.83. The molecule has 1 unspecified atom stereocenters. The number of halogens is 2. The summed E-state index contributed by atoms with van der Waals surface area (Å²) >= 11 is 11.3. The van der Waals surface area contributed by atoms with Crippen molar-refractivity contribution in [2.45, 2.75) is 25.5 Å². The molecule has 2 aromatic rings. The maximum atomic E-state index is 13.0. The molecule has 1 amide bonds. The van der Waals surface area contributed by atoms with E-state index in [1.807, 2.05) is 28.5 Å². The summed E-state index contributed by atoms with van der Waals surface area (Å²) in [5, 5.41) is 2.50. The number of ether oxygens (including phenoxy) is 1. The van der Waals surface area contributed by atoms with Crippen molar-refractivity contribution in [1.82, 2.24) is 4.90 Å². The van der Waals surface area contributed by atoms with Crippen LogP contribution in [0.5, 0.6) is 0 Å². The third-order valence-electron chi connectivity index (χ3n) is 3.82. The molecule has 0 radical (unpaired) electrons. The van der Waals surface area contributed by atoms with Crippen molar-refractivity contribution in [3.05, 3.63) is 55.6 Å². The molecular formula is C17H17BrClNO2S. The molecule has 2 heterocycles. The normalized spacial score (nSPS) is 17.4. The molecule has 1 aliphatic heterocycles. The first kappa shape index (κ1) is 17.0. The minimum absolute atomic E-state index is 0.0554. The molecule has 23 heavy (non-hydrogen) atoms. The van der Waals surface area contributed by atoms with Crippen molar-refractivity contribution in [1.29, 1.82) is 0 Å². The molecule has 3 nitrogen and oxygen atoms in total. The van der Waals surface area contributed by atoms with Crippen LogP contribution in [0.15, 0.2) is 40.2 Å². The summed E-state index contributed by atoms with van der Waals surface area (Å²) in [5.74, 6) is -0.0554. The number of carbonyl (C=O) groups is 1. The zero-order valence-corrected chi connectivity index (χ0v) is 15.7. The van der Waals surface area contributed by atoms with Crippen LogP contribution in [0, 0.1) is 0 Å². The van der Waals surface area contributed by atoms with Crippen LogP contribution in [0.3, 0.4) is 0 Å². The standard InChI is InChI=1S/C17H17BrClNO2S/c18-12-5-6-16(19)15(9-12)17(21)20(10-13-3-1-7-22-13)11-14-4-2-8-23-14/h2,4-6,8-9,13H,1,3,7,10-11H2. The second-order valence-corrected chi connectivity index (χ2v) is 7.88. The van der Waals surface area contributed by atoms with E-state index in [4.69, 9.17) is 16.3 Å². The Morgan fingerprint density at radius 2 is 2.30 bits per heavy atom. The maximum Gasteiger partial charge on any atom is 0.255 e. The lowest BCUT2D eigenvalue weighted by molar-refractivity contribution is 0.0509. The summed E-state index contributed by atoms with van der Waals surface area (Å²) < 4.78 is 6.56. The molecule has 0 bridgehead atoms. The van der Waals surface area contributed by atoms with Crippen LogP contribution in [-0.4, -0.2) is 30.1 Å². The van der Waals surface area contributed by atoms with Gasteiger partial charge in [-0.05, 0) is 42.5 Å². The monoisotopic (exact) mass is 413 g/mol. The van der Waals surface area contributed by atoms with Crippen LogP contribution < -0.4 is 0 Å². The predicted octanol–water partition coefficient (Wildman–Crippen LogP) is 4.99. The van der Waals surface area contributed by atoms with Gasteiger partial charge in [0, 0.05) is 22.5 Å². The van der Waals surface area contributed by atoms with E-state index in [2.05, 4.69) is 15.9 Å². The van der Waals surface area contributed by atoms with Crippen LogP contribution in [0.4, 0.5) is 0 Å². The van der Waals surface area contributed by atoms with Gasteiger partial charge in [-0.2, -0.15) is 0 Å². The lowest BCUT2D eigenvalue weighted by atomic mass is 10.1. The summed E-state index contributed by atoms with van der Waals surface area (Å²) in [5.41, 5.74) is 0.524. The van der Waals surface area contributed by atoms with Crippen molar-refractivity contribution in [2.75, 3.05) is 13.2 Å². The van der Waals surface area contributed by atoms with E-state index in [-0.39, 0.29) is 12.0 Å². The highest BCUT2D eigenvalue weighted by atomic mass is 79.9. The van der Waals surface area contributed by atoms with Crippen LogP contribution in [-0.2, 0) is 11.3 Å². The Morgan fingerprint density at radius 1 is 1.43 bits per heavy atom. The van der Waals surface area contributed by atoms with Gasteiger partial charge in [0.05, 0.1) is 23.2 Å². The second-order valence-electron chi connectivity index (χ2n) is 5.52. The summed E-state index contributed by atoms with van der Waals surface area (Å²) in [4.78, 5) is 16.0. The third kappa shape index (κ3) is 4.35. The van der Waals surface area contributed by atoms with E-state index >= 15 is 0 Å². The van der Waals surface area contributed by atoms with Gasteiger partial charge in [-0.25, -0.2) is 0 Å². The Kier molecular flexibility index (Phi) is 5.75. The van der Waals surface area contributed by atoms with Crippen LogP contribution in [0.1, 0.15) is 28.1 Å². The highest BCUT2D eigenvalue weighted by molar-refractivity contribution is 9.10. The Morgan fingerprint density at radius 3 is 3.00 bits per heavy atom. The number of benzene rings is 1. The van der Waals surface area contributed by atoms with Crippen molar-refractivity contribution in [3.8, 4) is 0 Å². The highest BCUT2D eigenvalue weighted by Gasteiger charge is 2.25. The summed E-state index contributed by atoms with van der Waals surface area (Å²) in [6.45, 7) is 1.96. The molecule has 6 heteroatoms. The first-order chi connectivity index (χ1) is 11.1. The van der Waals surface area contributed by atoms with Gasteiger partial charge in [0.1, 0.15) is 0 Å². The molecule has 1 atom stereocenters. The Labute approximate surface area is 153 Å². The van der Waals surface area contributed by atoms with E-state index in [1.165, 1.54) is 0 Å². The van der Waals surface area contributed by atoms with Crippen LogP contribution >= 0.6 is 38.9 Å². The molecule has 1 aromatic heterocycles. The van der Waals surface area contributed by atoms with Gasteiger partial charge in [0.15, 0.2) is 0 Å². The number of hydrogen-bond donors (Lipinski definition) is 0. The number of nitrogens with zero attached hydrogens (tertiary/aromatic N) is 1. The maximum absolute atomic E-state index is 13.0. The van der Waals surface area contributed by atoms with Gasteiger partial charge in [-0.1, -0.05) is 33.6 Å². The van der Waals surface area contributed by atoms with Gasteiger partial charge < -0.3 is 9.64 Å². The summed E-state index contributed by atoms with van der Waals surface area (Å²) in [7, 11) is 0. The van der Waals surface area contributed by atoms with E-state index in [9.17, 15) is 4.79 Å². The van der Waals surface area contributed by atoms with E-state index in [0.717, 1.165) is 28.8 Å². The molecule has 122 valence electrons. The second kappa shape index (κ2) is 7.79. The van der Waals surface area contributed by atoms with Gasteiger partial charge in [0.2, 0.25) is 0 Å². The van der Waals surface area contributed by atoms with Gasteiger partial charge in [-0.15, -0.1) is 11.3 Å². The quantitative estimate of drug-likeness (QED) is 0.690. The molecular weight excluding hydrogens is 398 g/mol. The van der Waals surface area contributed by atoms with E-state index in [1.54, 1.807) is 23.5 Å². The number of hydrogen-bond acceptors (Lipinski definition) is 3. The predicted molar refractivity (Wildman–Crippen MR) is 97.2 cm³/mol. The Bertz CT molecular complexity index is 671. The number of rotatable bonds is 5. The first-order valence-corrected chi connectivity index (χ1v) is 9.57. The third-order valence-corrected chi connectivity index (χ3v) is 5.50. The molecule has 1 aliphatic rings. The smallest absolute Gasteiger partial charge is 0.255 e. The molecule has 0 aliphatic carbocycles.